The number of hydrogen-bond donors (Lipinski definition) is 0. The fourth-order valence-corrected chi connectivity index (χ4v) is 17.6. The molecule has 328 valence electrons. The molecule has 1 aliphatic carbocycles. The fraction of sp³-hybridized carbons (Fsp3) is 0.796. The number of allylic oxidation sites excluding steroid dienone is 1. The van der Waals surface area contributed by atoms with Crippen molar-refractivity contribution in [3.8, 4) is 17.6 Å². The lowest BCUT2D eigenvalue weighted by Gasteiger charge is -2.48. The molecule has 0 bridgehead atoms. The molecule has 8 heteroatoms. The van der Waals surface area contributed by atoms with Crippen LogP contribution >= 0.6 is 0 Å². The van der Waals surface area contributed by atoms with Crippen LogP contribution < -0.4 is 4.74 Å². The van der Waals surface area contributed by atoms with Gasteiger partial charge in [-0.3, -0.25) is 0 Å². The lowest BCUT2D eigenvalue weighted by Crippen LogP contribution is -2.55. The number of ether oxygens (including phenoxy) is 2. The molecule has 0 radical (unpaired) electrons. The largest absolute Gasteiger partial charge is 0.497 e. The van der Waals surface area contributed by atoms with Crippen LogP contribution in [0.15, 0.2) is 35.9 Å². The monoisotopic (exact) mass is 843 g/mol. The van der Waals surface area contributed by atoms with Crippen molar-refractivity contribution in [1.82, 2.24) is 0 Å². The van der Waals surface area contributed by atoms with Gasteiger partial charge in [-0.1, -0.05) is 128 Å². The average molecular weight is 844 g/mol. The molecular formula is C49H90O5Si3. The smallest absolute Gasteiger partial charge is 0.200 e. The highest BCUT2D eigenvalue weighted by Crippen LogP contribution is 2.53. The van der Waals surface area contributed by atoms with Crippen LogP contribution in [0.25, 0.3) is 0 Å². The van der Waals surface area contributed by atoms with Gasteiger partial charge in [-0.15, -0.1) is 11.8 Å². The molecule has 5 nitrogen and oxygen atoms in total. The first kappa shape index (κ1) is 52.0. The number of hydrogen-bond acceptors (Lipinski definition) is 5. The van der Waals surface area contributed by atoms with E-state index in [0.717, 1.165) is 37.0 Å². The second kappa shape index (κ2) is 20.1. The van der Waals surface area contributed by atoms with E-state index in [4.69, 9.17) is 22.8 Å². The summed E-state index contributed by atoms with van der Waals surface area (Å²) in [5.41, 5.74) is 3.46. The quantitative estimate of drug-likeness (QED) is 0.0743. The maximum absolute atomic E-state index is 7.76. The van der Waals surface area contributed by atoms with Gasteiger partial charge in [-0.25, -0.2) is 0 Å². The van der Waals surface area contributed by atoms with Crippen LogP contribution in [0, 0.1) is 29.1 Å². The number of rotatable bonds is 20. The Morgan fingerprint density at radius 1 is 0.860 bits per heavy atom. The van der Waals surface area contributed by atoms with E-state index in [-0.39, 0.29) is 33.6 Å². The highest BCUT2D eigenvalue weighted by molar-refractivity contribution is 6.77. The van der Waals surface area contributed by atoms with E-state index in [1.54, 1.807) is 7.11 Å². The van der Waals surface area contributed by atoms with E-state index in [9.17, 15) is 0 Å². The summed E-state index contributed by atoms with van der Waals surface area (Å²) in [7, 11) is -4.85. The zero-order valence-corrected chi connectivity index (χ0v) is 44.2. The highest BCUT2D eigenvalue weighted by atomic mass is 28.4. The van der Waals surface area contributed by atoms with Gasteiger partial charge in [0.05, 0.1) is 38.1 Å². The Labute approximate surface area is 357 Å². The Morgan fingerprint density at radius 2 is 1.39 bits per heavy atom. The zero-order chi connectivity index (χ0) is 44.0. The van der Waals surface area contributed by atoms with Gasteiger partial charge in [-0.2, -0.15) is 0 Å². The van der Waals surface area contributed by atoms with Crippen LogP contribution in [0.2, 0.25) is 52.9 Å². The molecule has 0 heterocycles. The first-order valence-corrected chi connectivity index (χ1v) is 30.2. The third-order valence-electron chi connectivity index (χ3n) is 14.4. The summed E-state index contributed by atoms with van der Waals surface area (Å²) in [4.78, 5) is 0. The highest BCUT2D eigenvalue weighted by Gasteiger charge is 2.58. The molecule has 1 aliphatic rings. The Balaban J connectivity index is 2.75. The molecule has 0 spiro atoms. The molecule has 0 amide bonds. The van der Waals surface area contributed by atoms with Crippen LogP contribution in [0.1, 0.15) is 149 Å². The predicted molar refractivity (Wildman–Crippen MR) is 254 cm³/mol. The summed E-state index contributed by atoms with van der Waals surface area (Å²) in [5, 5.41) is 0.127. The van der Waals surface area contributed by atoms with E-state index in [0.29, 0.717) is 35.8 Å². The standard InChI is InChI=1S/C49H90O5Si3/c1-23-24-31-48(16,17)44(52-57(36(2)3,37(4)5)38(6)7)30-25-39(8)32-43-45(53-55(19,20)46(10,11)12)40(9)33-49(43,54-56(21,22)47(13,14)15)35-51-34-41-26-28-42(50-18)29-27-41/h26-29,32,36-38,40,43-45H,25,30-31,33-35H2,1-22H3/b39-32+/t40-,43-,44?,45+,49-/m0/s1. The van der Waals surface area contributed by atoms with Crippen molar-refractivity contribution in [2.24, 2.45) is 17.3 Å². The molecule has 1 aromatic carbocycles. The molecule has 1 saturated carbocycles. The predicted octanol–water partition coefficient (Wildman–Crippen LogP) is 14.7. The molecule has 1 fully saturated rings. The zero-order valence-electron chi connectivity index (χ0n) is 41.2. The summed E-state index contributed by atoms with van der Waals surface area (Å²) in [6.07, 6.45) is 6.33. The molecule has 5 atom stereocenters. The number of benzene rings is 1. The first-order chi connectivity index (χ1) is 25.9. The van der Waals surface area contributed by atoms with Crippen molar-refractivity contribution in [2.45, 2.75) is 221 Å². The van der Waals surface area contributed by atoms with Crippen LogP contribution in [0.4, 0.5) is 0 Å². The number of methoxy groups -OCH3 is 1. The van der Waals surface area contributed by atoms with Crippen molar-refractivity contribution < 1.29 is 22.8 Å². The minimum absolute atomic E-state index is 0.0291. The van der Waals surface area contributed by atoms with E-state index in [1.165, 1.54) is 5.57 Å². The van der Waals surface area contributed by atoms with Crippen LogP contribution in [-0.4, -0.2) is 56.5 Å². The summed E-state index contributed by atoms with van der Waals surface area (Å²) < 4.78 is 35.2. The Kier molecular flexibility index (Phi) is 18.3. The normalized spacial score (nSPS) is 22.3. The molecule has 0 N–H and O–H groups in total. The fourth-order valence-electron chi connectivity index (χ4n) is 8.87. The molecule has 57 heavy (non-hydrogen) atoms. The van der Waals surface area contributed by atoms with Crippen molar-refractivity contribution in [3.63, 3.8) is 0 Å². The molecule has 0 aliphatic heterocycles. The molecule has 2 rings (SSSR count). The molecule has 1 aromatic rings. The maximum Gasteiger partial charge on any atom is 0.200 e. The van der Waals surface area contributed by atoms with Gasteiger partial charge in [-0.05, 0) is 110 Å². The second-order valence-electron chi connectivity index (χ2n) is 22.4. The van der Waals surface area contributed by atoms with Crippen molar-refractivity contribution in [2.75, 3.05) is 13.7 Å². The van der Waals surface area contributed by atoms with Crippen LogP contribution in [0.3, 0.4) is 0 Å². The first-order valence-electron chi connectivity index (χ1n) is 22.3. The summed E-state index contributed by atoms with van der Waals surface area (Å²) in [6, 6.07) is 8.23. The van der Waals surface area contributed by atoms with Crippen LogP contribution in [0.5, 0.6) is 5.75 Å². The van der Waals surface area contributed by atoms with Gasteiger partial charge in [0.15, 0.2) is 16.6 Å². The summed E-state index contributed by atoms with van der Waals surface area (Å²) in [5.74, 6) is 7.83. The van der Waals surface area contributed by atoms with Gasteiger partial charge >= 0.3 is 0 Å². The SMILES string of the molecule is CC#CCC(C)(C)C(CC/C(C)=C/[C@H]1[C@H](O[Si](C)(C)C(C)(C)C)[C@@H](C)C[C@@]1(COCc1ccc(OC)cc1)O[Si](C)(C)C(C)(C)C)O[Si](C(C)C)(C(C)C)C(C)C. The van der Waals surface area contributed by atoms with Gasteiger partial charge in [0.25, 0.3) is 0 Å². The van der Waals surface area contributed by atoms with Crippen molar-refractivity contribution >= 4 is 25.0 Å². The molecule has 0 aromatic heterocycles. The van der Waals surface area contributed by atoms with Crippen molar-refractivity contribution in [3.05, 3.63) is 41.5 Å². The van der Waals surface area contributed by atoms with E-state index in [1.807, 2.05) is 19.1 Å². The molecule has 1 unspecified atom stereocenters. The average Bonchev–Trinajstić information content (AvgIpc) is 3.30. The third kappa shape index (κ3) is 12.9. The molecular weight excluding hydrogens is 753 g/mol. The summed E-state index contributed by atoms with van der Waals surface area (Å²) >= 11 is 0. The third-order valence-corrected chi connectivity index (χ3v) is 29.5. The van der Waals surface area contributed by atoms with Gasteiger partial charge in [0, 0.05) is 17.8 Å². The van der Waals surface area contributed by atoms with E-state index < -0.39 is 30.6 Å². The Bertz CT molecular complexity index is 1460. The Morgan fingerprint density at radius 3 is 1.84 bits per heavy atom. The Hall–Kier alpha value is -1.19. The topological polar surface area (TPSA) is 46.2 Å². The summed E-state index contributed by atoms with van der Waals surface area (Å²) in [6.45, 7) is 50.6. The van der Waals surface area contributed by atoms with Gasteiger partial charge in [0.2, 0.25) is 8.32 Å². The van der Waals surface area contributed by atoms with Crippen molar-refractivity contribution in [1.29, 1.82) is 0 Å². The molecule has 0 saturated heterocycles. The van der Waals surface area contributed by atoms with E-state index >= 15 is 0 Å². The maximum atomic E-state index is 7.76. The minimum Gasteiger partial charge on any atom is -0.497 e. The van der Waals surface area contributed by atoms with Crippen LogP contribution in [-0.2, 0) is 24.6 Å². The van der Waals surface area contributed by atoms with Gasteiger partial charge < -0.3 is 22.8 Å². The van der Waals surface area contributed by atoms with Gasteiger partial charge in [0.1, 0.15) is 5.75 Å². The lowest BCUT2D eigenvalue weighted by atomic mass is 9.80. The second-order valence-corrected chi connectivity index (χ2v) is 37.3. The minimum atomic E-state index is -2.26. The lowest BCUT2D eigenvalue weighted by molar-refractivity contribution is -0.0655. The van der Waals surface area contributed by atoms with E-state index in [2.05, 4.69) is 167 Å².